The molecule has 0 atom stereocenters. The molecule has 0 fully saturated rings. The van der Waals surface area contributed by atoms with Crippen LogP contribution in [0, 0.1) is 0 Å². The Morgan fingerprint density at radius 3 is 2.89 bits per heavy atom. The first-order valence-corrected chi connectivity index (χ1v) is 5.87. The van der Waals surface area contributed by atoms with Crippen LogP contribution in [0.1, 0.15) is 5.56 Å². The maximum Gasteiger partial charge on any atom is 0.245 e. The molecular weight excluding hydrogens is 275 g/mol. The highest BCUT2D eigenvalue weighted by atomic mass is 35.5. The van der Waals surface area contributed by atoms with Gasteiger partial charge in [-0.3, -0.25) is 0 Å². The summed E-state index contributed by atoms with van der Waals surface area (Å²) in [6, 6.07) is 7.65. The normalized spacial score (nSPS) is 10.2. The Kier molecular flexibility index (Phi) is 4.17. The third-order valence-corrected chi connectivity index (χ3v) is 2.63. The van der Waals surface area contributed by atoms with Gasteiger partial charge in [-0.05, 0) is 29.3 Å². The second-order valence-corrected chi connectivity index (χ2v) is 4.12. The minimum Gasteiger partial charge on any atom is -0.497 e. The zero-order chi connectivity index (χ0) is 13.0. The molecule has 7 heteroatoms. The van der Waals surface area contributed by atoms with E-state index in [1.807, 2.05) is 24.3 Å². The third kappa shape index (κ3) is 3.21. The molecule has 2 rings (SSSR count). The van der Waals surface area contributed by atoms with Gasteiger partial charge >= 0.3 is 0 Å². The molecule has 1 aromatic heterocycles. The Morgan fingerprint density at radius 2 is 2.11 bits per heavy atom. The van der Waals surface area contributed by atoms with Gasteiger partial charge in [0.15, 0.2) is 11.0 Å². The standard InChI is InChI=1S/C11H10Cl2N4O/c1-18-8-4-2-3-7(5-8)6-14-10-9(12)16-17-11(13)15-10/h2-5H,6H2,1H3,(H,14,15,17). The van der Waals surface area contributed by atoms with Gasteiger partial charge in [-0.25, -0.2) is 0 Å². The lowest BCUT2D eigenvalue weighted by atomic mass is 10.2. The molecule has 1 N–H and O–H groups in total. The predicted octanol–water partition coefficient (Wildman–Crippen LogP) is 2.80. The summed E-state index contributed by atoms with van der Waals surface area (Å²) < 4.78 is 5.14. The van der Waals surface area contributed by atoms with Crippen LogP contribution in [0.4, 0.5) is 5.82 Å². The lowest BCUT2D eigenvalue weighted by Gasteiger charge is -2.07. The lowest BCUT2D eigenvalue weighted by molar-refractivity contribution is 0.414. The Bertz CT molecular complexity index is 550. The fourth-order valence-electron chi connectivity index (χ4n) is 1.37. The number of nitrogens with one attached hydrogen (secondary N) is 1. The second kappa shape index (κ2) is 5.84. The number of benzene rings is 1. The van der Waals surface area contributed by atoms with E-state index in [-0.39, 0.29) is 10.4 Å². The number of aromatic nitrogens is 3. The molecule has 2 aromatic rings. The first kappa shape index (κ1) is 12.9. The van der Waals surface area contributed by atoms with Gasteiger partial charge in [-0.1, -0.05) is 23.7 Å². The molecule has 0 aliphatic heterocycles. The highest BCUT2D eigenvalue weighted by Crippen LogP contribution is 2.18. The van der Waals surface area contributed by atoms with Crippen molar-refractivity contribution in [3.05, 3.63) is 40.3 Å². The van der Waals surface area contributed by atoms with Crippen molar-refractivity contribution < 1.29 is 4.74 Å². The number of halogens is 2. The van der Waals surface area contributed by atoms with Crippen molar-refractivity contribution in [2.24, 2.45) is 0 Å². The minimum absolute atomic E-state index is 0.0487. The number of ether oxygens (including phenoxy) is 1. The molecule has 0 spiro atoms. The average molecular weight is 285 g/mol. The smallest absolute Gasteiger partial charge is 0.245 e. The van der Waals surface area contributed by atoms with Crippen LogP contribution >= 0.6 is 23.2 Å². The van der Waals surface area contributed by atoms with Crippen molar-refractivity contribution in [2.75, 3.05) is 12.4 Å². The summed E-state index contributed by atoms with van der Waals surface area (Å²) in [5.41, 5.74) is 1.03. The number of methoxy groups -OCH3 is 1. The van der Waals surface area contributed by atoms with E-state index in [0.717, 1.165) is 11.3 Å². The first-order chi connectivity index (χ1) is 8.69. The summed E-state index contributed by atoms with van der Waals surface area (Å²) in [4.78, 5) is 3.95. The molecule has 0 aliphatic rings. The SMILES string of the molecule is COc1cccc(CNc2nc(Cl)nnc2Cl)c1. The summed E-state index contributed by atoms with van der Waals surface area (Å²) in [6.07, 6.45) is 0. The van der Waals surface area contributed by atoms with Gasteiger partial charge in [-0.2, -0.15) is 4.98 Å². The number of hydrogen-bond acceptors (Lipinski definition) is 5. The Labute approximate surface area is 114 Å². The van der Waals surface area contributed by atoms with Gasteiger partial charge in [0.2, 0.25) is 5.28 Å². The summed E-state index contributed by atoms with van der Waals surface area (Å²) in [5.74, 6) is 1.19. The molecule has 0 saturated heterocycles. The molecule has 0 radical (unpaired) electrons. The van der Waals surface area contributed by atoms with Crippen LogP contribution in [0.3, 0.4) is 0 Å². The average Bonchev–Trinajstić information content (AvgIpc) is 2.40. The third-order valence-electron chi connectivity index (χ3n) is 2.21. The molecule has 0 saturated carbocycles. The maximum absolute atomic E-state index is 5.84. The largest absolute Gasteiger partial charge is 0.497 e. The summed E-state index contributed by atoms with van der Waals surface area (Å²) >= 11 is 11.5. The monoisotopic (exact) mass is 284 g/mol. The second-order valence-electron chi connectivity index (χ2n) is 3.43. The Hall–Kier alpha value is -1.59. The predicted molar refractivity (Wildman–Crippen MR) is 70.2 cm³/mol. The van der Waals surface area contributed by atoms with Crippen LogP contribution in [0.15, 0.2) is 24.3 Å². The van der Waals surface area contributed by atoms with E-state index in [1.165, 1.54) is 0 Å². The van der Waals surface area contributed by atoms with E-state index >= 15 is 0 Å². The van der Waals surface area contributed by atoms with E-state index in [4.69, 9.17) is 27.9 Å². The van der Waals surface area contributed by atoms with Crippen LogP contribution < -0.4 is 10.1 Å². The molecule has 0 unspecified atom stereocenters. The number of hydrogen-bond donors (Lipinski definition) is 1. The van der Waals surface area contributed by atoms with Crippen LogP contribution in [-0.4, -0.2) is 22.3 Å². The quantitative estimate of drug-likeness (QED) is 0.936. The summed E-state index contributed by atoms with van der Waals surface area (Å²) in [7, 11) is 1.62. The molecule has 1 aromatic carbocycles. The van der Waals surface area contributed by atoms with Gasteiger partial charge in [0.25, 0.3) is 0 Å². The van der Waals surface area contributed by atoms with Crippen molar-refractivity contribution in [3.63, 3.8) is 0 Å². The van der Waals surface area contributed by atoms with E-state index in [1.54, 1.807) is 7.11 Å². The van der Waals surface area contributed by atoms with Crippen molar-refractivity contribution in [1.29, 1.82) is 0 Å². The molecular formula is C11H10Cl2N4O. The molecule has 18 heavy (non-hydrogen) atoms. The first-order valence-electron chi connectivity index (χ1n) is 5.11. The van der Waals surface area contributed by atoms with E-state index in [0.29, 0.717) is 12.4 Å². The molecule has 0 amide bonds. The highest BCUT2D eigenvalue weighted by Gasteiger charge is 2.05. The van der Waals surface area contributed by atoms with Gasteiger partial charge in [0.1, 0.15) is 5.75 Å². The van der Waals surface area contributed by atoms with Crippen molar-refractivity contribution in [2.45, 2.75) is 6.54 Å². The van der Waals surface area contributed by atoms with Gasteiger partial charge < -0.3 is 10.1 Å². The molecule has 94 valence electrons. The summed E-state index contributed by atoms with van der Waals surface area (Å²) in [6.45, 7) is 0.534. The minimum atomic E-state index is 0.0487. The van der Waals surface area contributed by atoms with E-state index < -0.39 is 0 Å². The molecule has 0 aliphatic carbocycles. The van der Waals surface area contributed by atoms with Crippen molar-refractivity contribution in [1.82, 2.24) is 15.2 Å². The molecule has 5 nitrogen and oxygen atoms in total. The van der Waals surface area contributed by atoms with Crippen LogP contribution in [0.25, 0.3) is 0 Å². The van der Waals surface area contributed by atoms with Crippen molar-refractivity contribution in [3.8, 4) is 5.75 Å². The van der Waals surface area contributed by atoms with Crippen LogP contribution in [0.5, 0.6) is 5.75 Å². The van der Waals surface area contributed by atoms with Gasteiger partial charge in [0.05, 0.1) is 7.11 Å². The van der Waals surface area contributed by atoms with Crippen molar-refractivity contribution >= 4 is 29.0 Å². The number of rotatable bonds is 4. The molecule has 1 heterocycles. The Balaban J connectivity index is 2.08. The zero-order valence-electron chi connectivity index (χ0n) is 9.52. The lowest BCUT2D eigenvalue weighted by Crippen LogP contribution is -2.04. The van der Waals surface area contributed by atoms with Crippen LogP contribution in [-0.2, 0) is 6.54 Å². The van der Waals surface area contributed by atoms with Gasteiger partial charge in [-0.15, -0.1) is 10.2 Å². The topological polar surface area (TPSA) is 59.9 Å². The Morgan fingerprint density at radius 1 is 1.28 bits per heavy atom. The highest BCUT2D eigenvalue weighted by molar-refractivity contribution is 6.32. The molecule has 0 bridgehead atoms. The number of nitrogens with zero attached hydrogens (tertiary/aromatic N) is 3. The fourth-order valence-corrected chi connectivity index (χ4v) is 1.64. The van der Waals surface area contributed by atoms with Crippen LogP contribution in [0.2, 0.25) is 10.4 Å². The van der Waals surface area contributed by atoms with Gasteiger partial charge in [0, 0.05) is 6.54 Å². The van der Waals surface area contributed by atoms with E-state index in [2.05, 4.69) is 20.5 Å². The zero-order valence-corrected chi connectivity index (χ0v) is 11.0. The number of anilines is 1. The maximum atomic E-state index is 5.84. The fraction of sp³-hybridized carbons (Fsp3) is 0.182. The summed E-state index contributed by atoms with van der Waals surface area (Å²) in [5, 5.41) is 10.5. The van der Waals surface area contributed by atoms with E-state index in [9.17, 15) is 0 Å².